The Labute approximate surface area is 193 Å². The summed E-state index contributed by atoms with van der Waals surface area (Å²) in [5.74, 6) is 2.80. The molecule has 1 aliphatic carbocycles. The molecule has 5 rings (SSSR count). The highest BCUT2D eigenvalue weighted by molar-refractivity contribution is 5.85. The predicted octanol–water partition coefficient (Wildman–Crippen LogP) is 2.98. The van der Waals surface area contributed by atoms with Crippen molar-refractivity contribution in [3.63, 3.8) is 0 Å². The monoisotopic (exact) mass is 446 g/mol. The van der Waals surface area contributed by atoms with Crippen LogP contribution in [0.5, 0.6) is 5.75 Å². The van der Waals surface area contributed by atoms with Gasteiger partial charge in [-0.05, 0) is 63.6 Å². The van der Waals surface area contributed by atoms with E-state index in [0.717, 1.165) is 42.9 Å². The average molecular weight is 447 g/mol. The number of nitriles is 1. The zero-order chi connectivity index (χ0) is 23.4. The molecule has 8 nitrogen and oxygen atoms in total. The number of ether oxygens (including phenoxy) is 1. The van der Waals surface area contributed by atoms with Crippen molar-refractivity contribution in [3.05, 3.63) is 42.4 Å². The minimum atomic E-state index is -0.963. The molecule has 0 radical (unpaired) electrons. The molecule has 1 saturated carbocycles. The SMILES string of the molecule is CC(C)(O)COc1cc(-c2ccc(N3C[C@@H]4C[C@](C)(N)C[C@@H]4C3)nc2)c2c(C#N)cnn2c1. The molecular formula is C25H30N6O2. The molecule has 4 heterocycles. The quantitative estimate of drug-likeness (QED) is 0.619. The number of rotatable bonds is 5. The van der Waals surface area contributed by atoms with Gasteiger partial charge in [0.05, 0.1) is 29.1 Å². The van der Waals surface area contributed by atoms with E-state index in [9.17, 15) is 10.4 Å². The van der Waals surface area contributed by atoms with Crippen LogP contribution in [0.2, 0.25) is 0 Å². The lowest BCUT2D eigenvalue weighted by Crippen LogP contribution is -2.35. The predicted molar refractivity (Wildman–Crippen MR) is 126 cm³/mol. The molecule has 8 heteroatoms. The Balaban J connectivity index is 1.44. The molecule has 2 fully saturated rings. The highest BCUT2D eigenvalue weighted by atomic mass is 16.5. The van der Waals surface area contributed by atoms with Gasteiger partial charge in [-0.25, -0.2) is 9.50 Å². The van der Waals surface area contributed by atoms with Gasteiger partial charge in [0.15, 0.2) is 0 Å². The molecule has 172 valence electrons. The number of hydrogen-bond donors (Lipinski definition) is 2. The molecule has 33 heavy (non-hydrogen) atoms. The first-order valence-electron chi connectivity index (χ1n) is 11.4. The maximum atomic E-state index is 10.0. The van der Waals surface area contributed by atoms with Gasteiger partial charge in [0, 0.05) is 36.0 Å². The molecule has 0 bridgehead atoms. The molecule has 1 aliphatic heterocycles. The van der Waals surface area contributed by atoms with Crippen LogP contribution in [0.3, 0.4) is 0 Å². The van der Waals surface area contributed by atoms with Crippen LogP contribution in [0.1, 0.15) is 39.2 Å². The fourth-order valence-electron chi connectivity index (χ4n) is 5.34. The Morgan fingerprint density at radius 3 is 2.61 bits per heavy atom. The van der Waals surface area contributed by atoms with E-state index in [0.29, 0.717) is 28.7 Å². The molecular weight excluding hydrogens is 416 g/mol. The van der Waals surface area contributed by atoms with E-state index in [4.69, 9.17) is 15.5 Å². The molecule has 3 aromatic heterocycles. The zero-order valence-electron chi connectivity index (χ0n) is 19.3. The standard InChI is InChI=1S/C25H30N6O2/c1-24(2,32)15-33-20-6-21(23-19(9-26)11-29-31(23)14-20)16-4-5-22(28-10-16)30-12-17-7-25(3,27)8-18(17)13-30/h4-6,10-11,14,17-18,32H,7-8,12-13,15,27H2,1-3H3/t17-,18+,25-. The third-order valence-electron chi connectivity index (χ3n) is 6.72. The molecule has 2 aliphatic rings. The van der Waals surface area contributed by atoms with E-state index in [-0.39, 0.29) is 12.1 Å². The van der Waals surface area contributed by atoms with Crippen molar-refractivity contribution in [2.24, 2.45) is 17.6 Å². The Bertz CT molecular complexity index is 1200. The molecule has 0 amide bonds. The number of aromatic nitrogens is 3. The van der Waals surface area contributed by atoms with Crippen LogP contribution in [0.25, 0.3) is 16.6 Å². The smallest absolute Gasteiger partial charge is 0.138 e. The second-order valence-corrected chi connectivity index (χ2v) is 10.5. The first-order chi connectivity index (χ1) is 15.6. The van der Waals surface area contributed by atoms with Gasteiger partial charge < -0.3 is 20.5 Å². The minimum Gasteiger partial charge on any atom is -0.489 e. The number of nitrogens with two attached hydrogens (primary N) is 1. The second kappa shape index (κ2) is 7.72. The third-order valence-corrected chi connectivity index (χ3v) is 6.72. The van der Waals surface area contributed by atoms with Gasteiger partial charge in [0.2, 0.25) is 0 Å². The van der Waals surface area contributed by atoms with Gasteiger partial charge in [-0.2, -0.15) is 10.4 Å². The summed E-state index contributed by atoms with van der Waals surface area (Å²) < 4.78 is 7.46. The fourth-order valence-corrected chi connectivity index (χ4v) is 5.34. The maximum absolute atomic E-state index is 10.0. The largest absolute Gasteiger partial charge is 0.489 e. The maximum Gasteiger partial charge on any atom is 0.138 e. The van der Waals surface area contributed by atoms with Crippen molar-refractivity contribution in [1.29, 1.82) is 5.26 Å². The van der Waals surface area contributed by atoms with E-state index < -0.39 is 5.60 Å². The Morgan fingerprint density at radius 2 is 2.00 bits per heavy atom. The van der Waals surface area contributed by atoms with E-state index in [1.165, 1.54) is 0 Å². The Kier molecular flexibility index (Phi) is 5.07. The lowest BCUT2D eigenvalue weighted by Gasteiger charge is -2.23. The van der Waals surface area contributed by atoms with Gasteiger partial charge in [-0.15, -0.1) is 0 Å². The van der Waals surface area contributed by atoms with Crippen molar-refractivity contribution < 1.29 is 9.84 Å². The summed E-state index contributed by atoms with van der Waals surface area (Å²) >= 11 is 0. The number of anilines is 1. The van der Waals surface area contributed by atoms with E-state index in [2.05, 4.69) is 23.0 Å². The van der Waals surface area contributed by atoms with Crippen LogP contribution in [0.15, 0.2) is 36.8 Å². The zero-order valence-corrected chi connectivity index (χ0v) is 19.3. The van der Waals surface area contributed by atoms with Gasteiger partial charge in [0.1, 0.15) is 24.2 Å². The number of aliphatic hydroxyl groups is 1. The molecule has 3 atom stereocenters. The number of fused-ring (bicyclic) bond motifs is 2. The molecule has 0 unspecified atom stereocenters. The van der Waals surface area contributed by atoms with Crippen LogP contribution in [0.4, 0.5) is 5.82 Å². The van der Waals surface area contributed by atoms with Crippen LogP contribution in [-0.2, 0) is 0 Å². The van der Waals surface area contributed by atoms with Gasteiger partial charge in [0.25, 0.3) is 0 Å². The topological polar surface area (TPSA) is 113 Å². The summed E-state index contributed by atoms with van der Waals surface area (Å²) in [5.41, 5.74) is 8.25. The van der Waals surface area contributed by atoms with Gasteiger partial charge in [-0.1, -0.05) is 0 Å². The summed E-state index contributed by atoms with van der Waals surface area (Å²) in [5, 5.41) is 23.9. The summed E-state index contributed by atoms with van der Waals surface area (Å²) in [6.07, 6.45) is 7.26. The van der Waals surface area contributed by atoms with E-state index in [1.54, 1.807) is 30.8 Å². The Morgan fingerprint density at radius 1 is 1.27 bits per heavy atom. The van der Waals surface area contributed by atoms with Crippen molar-refractivity contribution >= 4 is 11.3 Å². The highest BCUT2D eigenvalue weighted by Gasteiger charge is 2.45. The molecule has 3 N–H and O–H groups in total. The summed E-state index contributed by atoms with van der Waals surface area (Å²) in [7, 11) is 0. The normalized spacial score (nSPS) is 24.8. The van der Waals surface area contributed by atoms with Crippen LogP contribution < -0.4 is 15.4 Å². The van der Waals surface area contributed by atoms with Crippen LogP contribution in [-0.4, -0.2) is 50.5 Å². The van der Waals surface area contributed by atoms with Gasteiger partial charge >= 0.3 is 0 Å². The van der Waals surface area contributed by atoms with Crippen molar-refractivity contribution in [3.8, 4) is 22.9 Å². The Hall–Kier alpha value is -3.15. The summed E-state index contributed by atoms with van der Waals surface area (Å²) in [6, 6.07) is 8.17. The summed E-state index contributed by atoms with van der Waals surface area (Å²) in [6.45, 7) is 7.68. The van der Waals surface area contributed by atoms with Crippen LogP contribution in [0, 0.1) is 23.2 Å². The lowest BCUT2D eigenvalue weighted by atomic mass is 10.00. The highest BCUT2D eigenvalue weighted by Crippen LogP contribution is 2.43. The second-order valence-electron chi connectivity index (χ2n) is 10.5. The average Bonchev–Trinajstić information content (AvgIpc) is 3.41. The number of hydrogen-bond acceptors (Lipinski definition) is 7. The van der Waals surface area contributed by atoms with Gasteiger partial charge in [-0.3, -0.25) is 0 Å². The number of nitrogens with zero attached hydrogens (tertiary/aromatic N) is 5. The number of pyridine rings is 2. The van der Waals surface area contributed by atoms with Crippen LogP contribution >= 0.6 is 0 Å². The molecule has 0 aromatic carbocycles. The fraction of sp³-hybridized carbons (Fsp3) is 0.480. The van der Waals surface area contributed by atoms with Crippen molar-refractivity contribution in [2.45, 2.75) is 44.8 Å². The van der Waals surface area contributed by atoms with Crippen molar-refractivity contribution in [2.75, 3.05) is 24.6 Å². The minimum absolute atomic E-state index is 0.0356. The molecule has 1 saturated heterocycles. The summed E-state index contributed by atoms with van der Waals surface area (Å²) in [4.78, 5) is 7.12. The third kappa shape index (κ3) is 4.26. The molecule has 0 spiro atoms. The first kappa shape index (κ1) is 21.7. The molecule has 3 aromatic rings. The van der Waals surface area contributed by atoms with E-state index in [1.807, 2.05) is 24.4 Å². The van der Waals surface area contributed by atoms with E-state index >= 15 is 0 Å². The lowest BCUT2D eigenvalue weighted by molar-refractivity contribution is 0.0283. The van der Waals surface area contributed by atoms with Crippen molar-refractivity contribution in [1.82, 2.24) is 14.6 Å². The first-order valence-corrected chi connectivity index (χ1v) is 11.4.